The number of piperazine rings is 1. The Hall–Kier alpha value is -1.62. The largest absolute Gasteiger partial charge is 0.384 e. The highest BCUT2D eigenvalue weighted by Gasteiger charge is 2.22. The van der Waals surface area contributed by atoms with E-state index in [2.05, 4.69) is 23.7 Å². The molecule has 1 fully saturated rings. The minimum absolute atomic E-state index is 0.0811. The molecule has 2 N–H and O–H groups in total. The summed E-state index contributed by atoms with van der Waals surface area (Å²) in [7, 11) is 0. The summed E-state index contributed by atoms with van der Waals surface area (Å²) in [5.41, 5.74) is 7.41. The number of carbonyl (C=O) groups excluding carboxylic acids is 1. The number of aryl methyl sites for hydroxylation is 1. The Morgan fingerprint density at radius 2 is 1.90 bits per heavy atom. The van der Waals surface area contributed by atoms with Gasteiger partial charge in [-0.1, -0.05) is 20.3 Å². The number of hydrogen-bond acceptors (Lipinski definition) is 4. The molecule has 1 saturated heterocycles. The number of pyridine rings is 1. The average molecular weight is 290 g/mol. The van der Waals surface area contributed by atoms with Crippen molar-refractivity contribution in [1.82, 2.24) is 14.8 Å². The number of nitrogen functional groups attached to an aromatic ring is 1. The van der Waals surface area contributed by atoms with E-state index in [-0.39, 0.29) is 5.91 Å². The molecule has 0 aliphatic carbocycles. The van der Waals surface area contributed by atoms with Gasteiger partial charge in [-0.05, 0) is 31.5 Å². The lowest BCUT2D eigenvalue weighted by Gasteiger charge is -2.34. The third-order valence-electron chi connectivity index (χ3n) is 3.85. The van der Waals surface area contributed by atoms with Gasteiger partial charge in [-0.2, -0.15) is 0 Å². The van der Waals surface area contributed by atoms with E-state index in [0.717, 1.165) is 57.7 Å². The van der Waals surface area contributed by atoms with Gasteiger partial charge in [0.1, 0.15) is 5.82 Å². The lowest BCUT2D eigenvalue weighted by molar-refractivity contribution is 0.0637. The fraction of sp³-hybridized carbons (Fsp3) is 0.625. The van der Waals surface area contributed by atoms with Crippen LogP contribution in [0.4, 0.5) is 5.82 Å². The van der Waals surface area contributed by atoms with E-state index in [1.165, 1.54) is 0 Å². The lowest BCUT2D eigenvalue weighted by Crippen LogP contribution is -2.48. The molecule has 2 heterocycles. The number of nitrogens with two attached hydrogens (primary N) is 1. The van der Waals surface area contributed by atoms with Crippen LogP contribution in [0.25, 0.3) is 0 Å². The minimum Gasteiger partial charge on any atom is -0.384 e. The Bertz CT molecular complexity index is 481. The molecule has 5 heteroatoms. The first-order valence-corrected chi connectivity index (χ1v) is 7.92. The smallest absolute Gasteiger partial charge is 0.254 e. The van der Waals surface area contributed by atoms with Crippen LogP contribution in [0.5, 0.6) is 0 Å². The van der Waals surface area contributed by atoms with Crippen LogP contribution < -0.4 is 5.73 Å². The van der Waals surface area contributed by atoms with Crippen molar-refractivity contribution in [1.29, 1.82) is 0 Å². The number of nitrogens with zero attached hydrogens (tertiary/aromatic N) is 3. The second kappa shape index (κ2) is 7.41. The maximum absolute atomic E-state index is 12.6. The highest BCUT2D eigenvalue weighted by atomic mass is 16.2. The number of aromatic nitrogens is 1. The molecule has 21 heavy (non-hydrogen) atoms. The van der Waals surface area contributed by atoms with Crippen LogP contribution in [0.15, 0.2) is 12.1 Å². The van der Waals surface area contributed by atoms with Gasteiger partial charge in [0.25, 0.3) is 5.91 Å². The van der Waals surface area contributed by atoms with Gasteiger partial charge in [-0.3, -0.25) is 9.69 Å². The van der Waals surface area contributed by atoms with Gasteiger partial charge >= 0.3 is 0 Å². The number of rotatable bonds is 5. The lowest BCUT2D eigenvalue weighted by atomic mass is 10.1. The number of carbonyl (C=O) groups is 1. The highest BCUT2D eigenvalue weighted by Crippen LogP contribution is 2.14. The Kier molecular flexibility index (Phi) is 5.56. The van der Waals surface area contributed by atoms with Crippen molar-refractivity contribution >= 4 is 11.7 Å². The molecule has 5 nitrogen and oxygen atoms in total. The molecule has 0 aromatic carbocycles. The molecule has 1 aromatic rings. The van der Waals surface area contributed by atoms with E-state index in [1.807, 2.05) is 11.0 Å². The highest BCUT2D eigenvalue weighted by molar-refractivity contribution is 5.95. The summed E-state index contributed by atoms with van der Waals surface area (Å²) in [6.07, 6.45) is 3.02. The van der Waals surface area contributed by atoms with Crippen molar-refractivity contribution in [3.8, 4) is 0 Å². The fourth-order valence-electron chi connectivity index (χ4n) is 2.79. The molecule has 0 spiro atoms. The molecular formula is C16H26N4O. The second-order valence-electron chi connectivity index (χ2n) is 5.66. The first-order valence-electron chi connectivity index (χ1n) is 7.92. The first-order chi connectivity index (χ1) is 10.1. The number of amides is 1. The Morgan fingerprint density at radius 1 is 1.19 bits per heavy atom. The van der Waals surface area contributed by atoms with Gasteiger partial charge < -0.3 is 10.6 Å². The standard InChI is InChI=1S/C16H26N4O/c1-3-5-14-11-13(12-15(17)18-14)16(21)20-9-7-19(6-4-2)8-10-20/h11-12H,3-10H2,1-2H3,(H2,17,18). The monoisotopic (exact) mass is 290 g/mol. The predicted octanol–water partition coefficient (Wildman–Crippen LogP) is 1.78. The predicted molar refractivity (Wildman–Crippen MR) is 85.3 cm³/mol. The molecule has 0 bridgehead atoms. The summed E-state index contributed by atoms with van der Waals surface area (Å²) in [5, 5.41) is 0. The molecule has 1 aliphatic heterocycles. The average Bonchev–Trinajstić information content (AvgIpc) is 2.47. The van der Waals surface area contributed by atoms with Crippen molar-refractivity contribution in [2.75, 3.05) is 38.5 Å². The van der Waals surface area contributed by atoms with Crippen LogP contribution in [-0.2, 0) is 6.42 Å². The van der Waals surface area contributed by atoms with Gasteiger partial charge in [0, 0.05) is 37.4 Å². The van der Waals surface area contributed by atoms with Crippen LogP contribution in [0.2, 0.25) is 0 Å². The molecule has 2 rings (SSSR count). The molecule has 0 radical (unpaired) electrons. The van der Waals surface area contributed by atoms with Crippen LogP contribution in [0, 0.1) is 0 Å². The van der Waals surface area contributed by atoms with E-state index in [9.17, 15) is 4.79 Å². The summed E-state index contributed by atoms with van der Waals surface area (Å²) in [5.74, 6) is 0.520. The van der Waals surface area contributed by atoms with Gasteiger partial charge in [0.05, 0.1) is 0 Å². The summed E-state index contributed by atoms with van der Waals surface area (Å²) in [6, 6.07) is 3.58. The van der Waals surface area contributed by atoms with Gasteiger partial charge in [0.2, 0.25) is 0 Å². The zero-order chi connectivity index (χ0) is 15.2. The van der Waals surface area contributed by atoms with Crippen molar-refractivity contribution < 1.29 is 4.79 Å². The van der Waals surface area contributed by atoms with E-state index in [1.54, 1.807) is 6.07 Å². The van der Waals surface area contributed by atoms with Crippen LogP contribution >= 0.6 is 0 Å². The summed E-state index contributed by atoms with van der Waals surface area (Å²) in [4.78, 5) is 21.2. The van der Waals surface area contributed by atoms with E-state index in [4.69, 9.17) is 5.73 Å². The summed E-state index contributed by atoms with van der Waals surface area (Å²) in [6.45, 7) is 8.91. The summed E-state index contributed by atoms with van der Waals surface area (Å²) < 4.78 is 0. The molecule has 1 aliphatic rings. The number of hydrogen-bond donors (Lipinski definition) is 1. The van der Waals surface area contributed by atoms with Gasteiger partial charge in [0.15, 0.2) is 0 Å². The number of anilines is 1. The van der Waals surface area contributed by atoms with Gasteiger partial charge in [-0.25, -0.2) is 4.98 Å². The van der Waals surface area contributed by atoms with Gasteiger partial charge in [-0.15, -0.1) is 0 Å². The van der Waals surface area contributed by atoms with Crippen LogP contribution in [0.1, 0.15) is 42.7 Å². The zero-order valence-corrected chi connectivity index (χ0v) is 13.1. The molecule has 0 unspecified atom stereocenters. The normalized spacial score (nSPS) is 16.2. The van der Waals surface area contributed by atoms with Crippen molar-refractivity contribution in [3.63, 3.8) is 0 Å². The van der Waals surface area contributed by atoms with Crippen LogP contribution in [-0.4, -0.2) is 53.4 Å². The molecule has 0 atom stereocenters. The fourth-order valence-corrected chi connectivity index (χ4v) is 2.79. The minimum atomic E-state index is 0.0811. The third-order valence-corrected chi connectivity index (χ3v) is 3.85. The SMILES string of the molecule is CCCc1cc(C(=O)N2CCN(CCC)CC2)cc(N)n1. The Morgan fingerprint density at radius 3 is 2.52 bits per heavy atom. The summed E-state index contributed by atoms with van der Waals surface area (Å²) >= 11 is 0. The first kappa shape index (κ1) is 15.8. The van der Waals surface area contributed by atoms with E-state index < -0.39 is 0 Å². The molecule has 0 saturated carbocycles. The zero-order valence-electron chi connectivity index (χ0n) is 13.1. The molecule has 1 amide bonds. The van der Waals surface area contributed by atoms with E-state index in [0.29, 0.717) is 11.4 Å². The third kappa shape index (κ3) is 4.17. The molecular weight excluding hydrogens is 264 g/mol. The molecule has 1 aromatic heterocycles. The second-order valence-corrected chi connectivity index (χ2v) is 5.66. The topological polar surface area (TPSA) is 62.5 Å². The Labute approximate surface area is 127 Å². The van der Waals surface area contributed by atoms with E-state index >= 15 is 0 Å². The van der Waals surface area contributed by atoms with Crippen molar-refractivity contribution in [2.45, 2.75) is 33.1 Å². The van der Waals surface area contributed by atoms with Crippen LogP contribution in [0.3, 0.4) is 0 Å². The molecule has 116 valence electrons. The van der Waals surface area contributed by atoms with Crippen molar-refractivity contribution in [3.05, 3.63) is 23.4 Å². The maximum Gasteiger partial charge on any atom is 0.254 e. The maximum atomic E-state index is 12.6. The quantitative estimate of drug-likeness (QED) is 0.898. The van der Waals surface area contributed by atoms with Crippen molar-refractivity contribution in [2.24, 2.45) is 0 Å². The Balaban J connectivity index is 2.03.